The molecule has 0 spiro atoms. The molecule has 0 aromatic heterocycles. The molecule has 0 bridgehead atoms. The van der Waals surface area contributed by atoms with Gasteiger partial charge in [-0.3, -0.25) is 14.5 Å². The fourth-order valence-electron chi connectivity index (χ4n) is 2.35. The Bertz CT molecular complexity index is 823. The maximum atomic E-state index is 12.4. The molecule has 1 saturated heterocycles. The van der Waals surface area contributed by atoms with Crippen LogP contribution in [-0.4, -0.2) is 48.4 Å². The highest BCUT2D eigenvalue weighted by atomic mass is 127. The number of carbonyl (C=O) groups is 3. The maximum Gasteiger partial charge on any atom is 0.344 e. The molecular weight excluding hydrogens is 497 g/mol. The van der Waals surface area contributed by atoms with Crippen LogP contribution in [0.4, 0.5) is 4.79 Å². The third-order valence-electron chi connectivity index (χ3n) is 3.45. The third-order valence-corrected chi connectivity index (χ3v) is 5.16. The molecule has 28 heavy (non-hydrogen) atoms. The Morgan fingerprint density at radius 2 is 2.00 bits per heavy atom. The van der Waals surface area contributed by atoms with Crippen LogP contribution in [-0.2, 0) is 14.3 Å². The summed E-state index contributed by atoms with van der Waals surface area (Å²) in [7, 11) is 0. The Morgan fingerprint density at radius 3 is 2.64 bits per heavy atom. The zero-order valence-electron chi connectivity index (χ0n) is 15.5. The number of benzene rings is 1. The zero-order valence-corrected chi connectivity index (χ0v) is 18.5. The summed E-state index contributed by atoms with van der Waals surface area (Å²) in [6.07, 6.45) is 3.14. The topological polar surface area (TPSA) is 82.1 Å². The number of thioether (sulfide) groups is 1. The van der Waals surface area contributed by atoms with Crippen molar-refractivity contribution in [2.45, 2.75) is 13.8 Å². The van der Waals surface area contributed by atoms with Crippen molar-refractivity contribution >= 4 is 57.5 Å². The molecule has 0 unspecified atom stereocenters. The molecule has 1 aromatic rings. The third kappa shape index (κ3) is 5.51. The Kier molecular flexibility index (Phi) is 8.36. The summed E-state index contributed by atoms with van der Waals surface area (Å²) < 4.78 is 16.8. The van der Waals surface area contributed by atoms with Crippen molar-refractivity contribution in [2.24, 2.45) is 0 Å². The molecule has 1 aromatic carbocycles. The summed E-state index contributed by atoms with van der Waals surface area (Å²) in [6, 6.07) is 3.48. The van der Waals surface area contributed by atoms with Gasteiger partial charge in [-0.2, -0.15) is 0 Å². The molecule has 1 heterocycles. The molecule has 1 aliphatic heterocycles. The van der Waals surface area contributed by atoms with Crippen molar-refractivity contribution in [1.29, 1.82) is 0 Å². The van der Waals surface area contributed by atoms with E-state index in [0.717, 1.165) is 16.7 Å². The van der Waals surface area contributed by atoms with E-state index in [1.54, 1.807) is 25.1 Å². The Balaban J connectivity index is 2.29. The molecule has 150 valence electrons. The molecule has 0 saturated carbocycles. The largest absolute Gasteiger partial charge is 0.490 e. The van der Waals surface area contributed by atoms with E-state index in [9.17, 15) is 14.4 Å². The smallest absolute Gasteiger partial charge is 0.344 e. The highest BCUT2D eigenvalue weighted by molar-refractivity contribution is 14.1. The van der Waals surface area contributed by atoms with Crippen molar-refractivity contribution in [3.8, 4) is 11.5 Å². The lowest BCUT2D eigenvalue weighted by atomic mass is 10.2. The first-order valence-electron chi connectivity index (χ1n) is 8.52. The number of rotatable bonds is 9. The first kappa shape index (κ1) is 22.3. The van der Waals surface area contributed by atoms with Crippen molar-refractivity contribution < 1.29 is 28.6 Å². The first-order valence-corrected chi connectivity index (χ1v) is 10.4. The second-order valence-corrected chi connectivity index (χ2v) is 7.59. The molecular formula is C19H20INO6S. The number of imide groups is 1. The number of halogens is 1. The number of hydrogen-bond acceptors (Lipinski definition) is 7. The van der Waals surface area contributed by atoms with E-state index in [1.807, 2.05) is 6.92 Å². The first-order chi connectivity index (χ1) is 13.4. The zero-order chi connectivity index (χ0) is 20.7. The minimum absolute atomic E-state index is 0.171. The van der Waals surface area contributed by atoms with Gasteiger partial charge in [-0.05, 0) is 72.0 Å². The highest BCUT2D eigenvalue weighted by Crippen LogP contribution is 2.37. The SMILES string of the molecule is C=CCN1C(=O)S/C(=C/c2cc(I)c(OCC(=O)OCC)c(OCC)c2)C1=O. The molecule has 1 fully saturated rings. The summed E-state index contributed by atoms with van der Waals surface area (Å²) >= 11 is 2.94. The van der Waals surface area contributed by atoms with Gasteiger partial charge in [0.05, 0.1) is 21.7 Å². The van der Waals surface area contributed by atoms with Gasteiger partial charge in [-0.25, -0.2) is 4.79 Å². The van der Waals surface area contributed by atoms with Crippen LogP contribution in [0.15, 0.2) is 29.7 Å². The van der Waals surface area contributed by atoms with Crippen LogP contribution in [0.3, 0.4) is 0 Å². The fourth-order valence-corrected chi connectivity index (χ4v) is 3.98. The van der Waals surface area contributed by atoms with E-state index in [4.69, 9.17) is 14.2 Å². The van der Waals surface area contributed by atoms with Crippen molar-refractivity contribution in [3.63, 3.8) is 0 Å². The number of esters is 1. The number of ether oxygens (including phenoxy) is 3. The monoisotopic (exact) mass is 517 g/mol. The summed E-state index contributed by atoms with van der Waals surface area (Å²) in [6.45, 7) is 7.72. The van der Waals surface area contributed by atoms with Crippen LogP contribution in [0, 0.1) is 3.57 Å². The Morgan fingerprint density at radius 1 is 1.25 bits per heavy atom. The van der Waals surface area contributed by atoms with E-state index in [2.05, 4.69) is 29.2 Å². The molecule has 0 atom stereocenters. The molecule has 2 rings (SSSR count). The van der Waals surface area contributed by atoms with Gasteiger partial charge in [0.25, 0.3) is 11.1 Å². The minimum Gasteiger partial charge on any atom is -0.490 e. The lowest BCUT2D eigenvalue weighted by Gasteiger charge is -2.14. The molecule has 9 heteroatoms. The molecule has 0 radical (unpaired) electrons. The molecule has 0 aliphatic carbocycles. The summed E-state index contributed by atoms with van der Waals surface area (Å²) in [4.78, 5) is 37.3. The fraction of sp³-hybridized carbons (Fsp3) is 0.316. The van der Waals surface area contributed by atoms with E-state index in [1.165, 1.54) is 6.08 Å². The van der Waals surface area contributed by atoms with Crippen LogP contribution >= 0.6 is 34.4 Å². The van der Waals surface area contributed by atoms with Crippen molar-refractivity contribution in [3.05, 3.63) is 38.8 Å². The number of hydrogen-bond donors (Lipinski definition) is 0. The van der Waals surface area contributed by atoms with Crippen LogP contribution in [0.25, 0.3) is 6.08 Å². The normalized spacial score (nSPS) is 15.1. The maximum absolute atomic E-state index is 12.4. The van der Waals surface area contributed by atoms with E-state index in [0.29, 0.717) is 32.1 Å². The number of amides is 2. The second kappa shape index (κ2) is 10.5. The van der Waals surface area contributed by atoms with E-state index < -0.39 is 5.97 Å². The van der Waals surface area contributed by atoms with E-state index >= 15 is 0 Å². The van der Waals surface area contributed by atoms with Gasteiger partial charge in [-0.1, -0.05) is 6.08 Å². The van der Waals surface area contributed by atoms with Crippen molar-refractivity contribution in [2.75, 3.05) is 26.4 Å². The molecule has 0 N–H and O–H groups in total. The number of nitrogens with zero attached hydrogens (tertiary/aromatic N) is 1. The van der Waals surface area contributed by atoms with Crippen LogP contribution < -0.4 is 9.47 Å². The van der Waals surface area contributed by atoms with Gasteiger partial charge in [-0.15, -0.1) is 6.58 Å². The summed E-state index contributed by atoms with van der Waals surface area (Å²) in [5.74, 6) is 0.0360. The van der Waals surface area contributed by atoms with E-state index in [-0.39, 0.29) is 30.9 Å². The molecule has 1 aliphatic rings. The summed E-state index contributed by atoms with van der Waals surface area (Å²) in [5, 5.41) is -0.328. The van der Waals surface area contributed by atoms with Gasteiger partial charge in [0, 0.05) is 6.54 Å². The summed E-state index contributed by atoms with van der Waals surface area (Å²) in [5.41, 5.74) is 0.681. The van der Waals surface area contributed by atoms with Gasteiger partial charge < -0.3 is 14.2 Å². The quantitative estimate of drug-likeness (QED) is 0.213. The lowest BCUT2D eigenvalue weighted by molar-refractivity contribution is -0.145. The van der Waals surface area contributed by atoms with Crippen LogP contribution in [0.1, 0.15) is 19.4 Å². The lowest BCUT2D eigenvalue weighted by Crippen LogP contribution is -2.27. The number of carbonyl (C=O) groups excluding carboxylic acids is 3. The van der Waals surface area contributed by atoms with Crippen LogP contribution in [0.5, 0.6) is 11.5 Å². The molecule has 7 nitrogen and oxygen atoms in total. The predicted molar refractivity (Wildman–Crippen MR) is 115 cm³/mol. The minimum atomic E-state index is -0.472. The Labute approximate surface area is 181 Å². The average molecular weight is 517 g/mol. The average Bonchev–Trinajstić information content (AvgIpc) is 2.89. The highest BCUT2D eigenvalue weighted by Gasteiger charge is 2.34. The van der Waals surface area contributed by atoms with Crippen LogP contribution in [0.2, 0.25) is 0 Å². The van der Waals surface area contributed by atoms with Gasteiger partial charge in [0.2, 0.25) is 0 Å². The second-order valence-electron chi connectivity index (χ2n) is 5.44. The molecule has 2 amide bonds. The standard InChI is InChI=1S/C19H20INO6S/c1-4-7-21-18(23)15(28-19(21)24)10-12-8-13(20)17(14(9-12)25-5-2)27-11-16(22)26-6-3/h4,8-10H,1,5-7,11H2,2-3H3/b15-10+. The van der Waals surface area contributed by atoms with Gasteiger partial charge in [0.1, 0.15) is 0 Å². The van der Waals surface area contributed by atoms with Gasteiger partial charge >= 0.3 is 5.97 Å². The Hall–Kier alpha value is -2.01. The van der Waals surface area contributed by atoms with Crippen molar-refractivity contribution in [1.82, 2.24) is 4.90 Å². The predicted octanol–water partition coefficient (Wildman–Crippen LogP) is 3.85. The van der Waals surface area contributed by atoms with Gasteiger partial charge in [0.15, 0.2) is 18.1 Å².